The number of benzene rings is 1. The van der Waals surface area contributed by atoms with Crippen LogP contribution in [-0.4, -0.2) is 25.0 Å². The molecule has 1 heterocycles. The molecular formula is C14H21NO2. The number of hydrogen-bond donors (Lipinski definition) is 1. The molecule has 1 unspecified atom stereocenters. The number of hydrogen-bond acceptors (Lipinski definition) is 3. The molecule has 3 heteroatoms. The molecule has 94 valence electrons. The largest absolute Gasteiger partial charge is 0.497 e. The predicted molar refractivity (Wildman–Crippen MR) is 68.3 cm³/mol. The highest BCUT2D eigenvalue weighted by Crippen LogP contribution is 2.28. The smallest absolute Gasteiger partial charge is 0.121 e. The highest BCUT2D eigenvalue weighted by Gasteiger charge is 2.40. The van der Waals surface area contributed by atoms with E-state index in [1.807, 2.05) is 12.1 Å². The summed E-state index contributed by atoms with van der Waals surface area (Å²) >= 11 is 0. The second-order valence-electron chi connectivity index (χ2n) is 5.47. The predicted octanol–water partition coefficient (Wildman–Crippen LogP) is 2.35. The van der Waals surface area contributed by atoms with Crippen LogP contribution in [0.5, 0.6) is 5.75 Å². The molecule has 0 aromatic heterocycles. The normalized spacial score (nSPS) is 27.1. The van der Waals surface area contributed by atoms with Gasteiger partial charge in [0.25, 0.3) is 0 Å². The molecule has 0 bridgehead atoms. The zero-order chi connectivity index (χ0) is 12.5. The molecule has 2 rings (SSSR count). The lowest BCUT2D eigenvalue weighted by atomic mass is 10.0. The quantitative estimate of drug-likeness (QED) is 0.872. The molecule has 1 atom stereocenters. The van der Waals surface area contributed by atoms with Gasteiger partial charge in [0.2, 0.25) is 0 Å². The third-order valence-electron chi connectivity index (χ3n) is 3.09. The van der Waals surface area contributed by atoms with E-state index >= 15 is 0 Å². The van der Waals surface area contributed by atoms with Crippen molar-refractivity contribution in [2.24, 2.45) is 0 Å². The topological polar surface area (TPSA) is 30.5 Å². The van der Waals surface area contributed by atoms with E-state index < -0.39 is 0 Å². The van der Waals surface area contributed by atoms with Crippen LogP contribution < -0.4 is 10.1 Å². The summed E-state index contributed by atoms with van der Waals surface area (Å²) in [6.07, 6.45) is 0.862. The summed E-state index contributed by atoms with van der Waals surface area (Å²) in [5.74, 6) is 0.888. The molecule has 0 saturated carbocycles. The Hall–Kier alpha value is -1.06. The Balaban J connectivity index is 2.05. The van der Waals surface area contributed by atoms with Gasteiger partial charge >= 0.3 is 0 Å². The van der Waals surface area contributed by atoms with Crippen molar-refractivity contribution in [3.63, 3.8) is 0 Å². The van der Waals surface area contributed by atoms with Crippen LogP contribution in [0.2, 0.25) is 0 Å². The number of nitrogens with one attached hydrogen (secondary N) is 1. The Morgan fingerprint density at radius 3 is 2.35 bits per heavy atom. The highest BCUT2D eigenvalue weighted by atomic mass is 16.5. The third kappa shape index (κ3) is 2.99. The van der Waals surface area contributed by atoms with E-state index in [1.54, 1.807) is 7.11 Å². The van der Waals surface area contributed by atoms with Crippen LogP contribution in [0.4, 0.5) is 0 Å². The Labute approximate surface area is 103 Å². The summed E-state index contributed by atoms with van der Waals surface area (Å²) in [6.45, 7) is 7.21. The van der Waals surface area contributed by atoms with E-state index in [4.69, 9.17) is 9.47 Å². The van der Waals surface area contributed by atoms with Crippen molar-refractivity contribution in [2.75, 3.05) is 13.7 Å². The lowest BCUT2D eigenvalue weighted by Gasteiger charge is -2.27. The maximum atomic E-state index is 6.05. The molecule has 1 N–H and O–H groups in total. The van der Waals surface area contributed by atoms with Gasteiger partial charge in [-0.2, -0.15) is 0 Å². The first kappa shape index (κ1) is 12.4. The summed E-state index contributed by atoms with van der Waals surface area (Å²) in [7, 11) is 1.68. The van der Waals surface area contributed by atoms with Crippen molar-refractivity contribution in [3.05, 3.63) is 29.8 Å². The summed E-state index contributed by atoms with van der Waals surface area (Å²) in [5, 5.41) is 3.45. The summed E-state index contributed by atoms with van der Waals surface area (Å²) in [6, 6.07) is 8.14. The van der Waals surface area contributed by atoms with Crippen LogP contribution in [0.25, 0.3) is 0 Å². The molecule has 3 nitrogen and oxygen atoms in total. The van der Waals surface area contributed by atoms with E-state index in [0.29, 0.717) is 0 Å². The first-order chi connectivity index (χ1) is 7.92. The van der Waals surface area contributed by atoms with Gasteiger partial charge in [-0.15, -0.1) is 0 Å². The van der Waals surface area contributed by atoms with Crippen molar-refractivity contribution < 1.29 is 9.47 Å². The third-order valence-corrected chi connectivity index (χ3v) is 3.09. The zero-order valence-electron chi connectivity index (χ0n) is 11.0. The second-order valence-corrected chi connectivity index (χ2v) is 5.47. The average molecular weight is 235 g/mol. The fourth-order valence-corrected chi connectivity index (χ4v) is 2.31. The van der Waals surface area contributed by atoms with Gasteiger partial charge < -0.3 is 9.47 Å². The van der Waals surface area contributed by atoms with Gasteiger partial charge in [-0.3, -0.25) is 5.32 Å². The molecule has 1 fully saturated rings. The lowest BCUT2D eigenvalue weighted by molar-refractivity contribution is -0.0785. The summed E-state index contributed by atoms with van der Waals surface area (Å²) in [5.41, 5.74) is 0.901. The Morgan fingerprint density at radius 1 is 1.24 bits per heavy atom. The molecule has 1 aromatic carbocycles. The summed E-state index contributed by atoms with van der Waals surface area (Å²) < 4.78 is 11.2. The molecule has 17 heavy (non-hydrogen) atoms. The first-order valence-corrected chi connectivity index (χ1v) is 6.01. The standard InChI is InChI=1S/C14H21NO2/c1-13(2)10-15-14(3,17-13)9-11-5-7-12(16-4)8-6-11/h5-8,15H,9-10H2,1-4H3. The SMILES string of the molecule is COc1ccc(CC2(C)NCC(C)(C)O2)cc1. The molecule has 0 aliphatic carbocycles. The molecule has 1 aliphatic heterocycles. The van der Waals surface area contributed by atoms with Crippen LogP contribution in [0.1, 0.15) is 26.3 Å². The minimum Gasteiger partial charge on any atom is -0.497 e. The van der Waals surface area contributed by atoms with Crippen molar-refractivity contribution in [1.82, 2.24) is 5.32 Å². The van der Waals surface area contributed by atoms with Gasteiger partial charge in [-0.25, -0.2) is 0 Å². The maximum absolute atomic E-state index is 6.05. The van der Waals surface area contributed by atoms with Crippen LogP contribution in [0.3, 0.4) is 0 Å². The van der Waals surface area contributed by atoms with E-state index in [1.165, 1.54) is 5.56 Å². The average Bonchev–Trinajstić information content (AvgIpc) is 2.54. The minimum absolute atomic E-state index is 0.0821. The van der Waals surface area contributed by atoms with Crippen LogP contribution in [0, 0.1) is 0 Å². The first-order valence-electron chi connectivity index (χ1n) is 6.01. The Morgan fingerprint density at radius 2 is 1.88 bits per heavy atom. The molecule has 0 spiro atoms. The van der Waals surface area contributed by atoms with Gasteiger partial charge in [0, 0.05) is 13.0 Å². The van der Waals surface area contributed by atoms with E-state index in [-0.39, 0.29) is 11.3 Å². The van der Waals surface area contributed by atoms with Crippen LogP contribution >= 0.6 is 0 Å². The Kier molecular flexibility index (Phi) is 3.15. The van der Waals surface area contributed by atoms with E-state index in [2.05, 4.69) is 38.2 Å². The van der Waals surface area contributed by atoms with E-state index in [0.717, 1.165) is 18.7 Å². The molecule has 1 saturated heterocycles. The van der Waals surface area contributed by atoms with Gasteiger partial charge in [0.1, 0.15) is 11.5 Å². The molecule has 0 amide bonds. The fraction of sp³-hybridized carbons (Fsp3) is 0.571. The van der Waals surface area contributed by atoms with Crippen LogP contribution in [0.15, 0.2) is 24.3 Å². The van der Waals surface area contributed by atoms with E-state index in [9.17, 15) is 0 Å². The molecular weight excluding hydrogens is 214 g/mol. The zero-order valence-corrected chi connectivity index (χ0v) is 11.0. The van der Waals surface area contributed by atoms with Crippen molar-refractivity contribution >= 4 is 0 Å². The number of ether oxygens (including phenoxy) is 2. The van der Waals surface area contributed by atoms with Crippen molar-refractivity contribution in [2.45, 2.75) is 38.5 Å². The Bertz CT molecular complexity index is 386. The highest BCUT2D eigenvalue weighted by molar-refractivity contribution is 5.28. The number of methoxy groups -OCH3 is 1. The monoisotopic (exact) mass is 235 g/mol. The minimum atomic E-state index is -0.266. The van der Waals surface area contributed by atoms with Crippen molar-refractivity contribution in [3.8, 4) is 5.75 Å². The molecule has 1 aliphatic rings. The van der Waals surface area contributed by atoms with Gasteiger partial charge in [-0.05, 0) is 38.5 Å². The molecule has 1 aromatic rings. The van der Waals surface area contributed by atoms with Gasteiger partial charge in [0.05, 0.1) is 12.7 Å². The maximum Gasteiger partial charge on any atom is 0.121 e. The van der Waals surface area contributed by atoms with Crippen LogP contribution in [-0.2, 0) is 11.2 Å². The molecule has 0 radical (unpaired) electrons. The van der Waals surface area contributed by atoms with Gasteiger partial charge in [0.15, 0.2) is 0 Å². The summed E-state index contributed by atoms with van der Waals surface area (Å²) in [4.78, 5) is 0. The lowest BCUT2D eigenvalue weighted by Crippen LogP contribution is -2.40. The number of rotatable bonds is 3. The fourth-order valence-electron chi connectivity index (χ4n) is 2.31. The van der Waals surface area contributed by atoms with Gasteiger partial charge in [-0.1, -0.05) is 12.1 Å². The second kappa shape index (κ2) is 4.31. The van der Waals surface area contributed by atoms with Crippen molar-refractivity contribution in [1.29, 1.82) is 0 Å².